The van der Waals surface area contributed by atoms with Gasteiger partial charge < -0.3 is 9.47 Å². The van der Waals surface area contributed by atoms with Gasteiger partial charge in [0, 0.05) is 10.4 Å². The molecule has 0 bridgehead atoms. The molecule has 2 aromatic heterocycles. The van der Waals surface area contributed by atoms with Crippen LogP contribution in [0.3, 0.4) is 0 Å². The molecule has 196 valence electrons. The van der Waals surface area contributed by atoms with E-state index in [-0.39, 0.29) is 27.3 Å². The maximum absolute atomic E-state index is 14.4. The van der Waals surface area contributed by atoms with Crippen LogP contribution in [0.4, 0.5) is 13.2 Å². The van der Waals surface area contributed by atoms with Crippen LogP contribution in [0.1, 0.15) is 23.4 Å². The zero-order valence-corrected chi connectivity index (χ0v) is 23.1. The van der Waals surface area contributed by atoms with Crippen molar-refractivity contribution in [3.8, 4) is 5.75 Å². The van der Waals surface area contributed by atoms with E-state index < -0.39 is 35.0 Å². The Labute approximate surface area is 230 Å². The third-order valence-corrected chi connectivity index (χ3v) is 8.44. The molecule has 5 rings (SSSR count). The van der Waals surface area contributed by atoms with Crippen LogP contribution >= 0.6 is 38.6 Å². The average molecular weight is 623 g/mol. The minimum atomic E-state index is -4.99. The highest BCUT2D eigenvalue weighted by Crippen LogP contribution is 2.43. The van der Waals surface area contributed by atoms with E-state index in [2.05, 4.69) is 20.9 Å². The van der Waals surface area contributed by atoms with Gasteiger partial charge in [-0.2, -0.15) is 13.2 Å². The molecule has 6 nitrogen and oxygen atoms in total. The van der Waals surface area contributed by atoms with Gasteiger partial charge in [-0.15, -0.1) is 11.3 Å². The van der Waals surface area contributed by atoms with E-state index in [0.29, 0.717) is 10.8 Å². The van der Waals surface area contributed by atoms with Crippen molar-refractivity contribution >= 4 is 61.4 Å². The van der Waals surface area contributed by atoms with Crippen LogP contribution in [0, 0.1) is 0 Å². The Balaban J connectivity index is 1.93. The number of hydrogen-bond acceptors (Lipinski definition) is 7. The number of ether oxygens (including phenoxy) is 2. The van der Waals surface area contributed by atoms with E-state index in [0.717, 1.165) is 24.6 Å². The van der Waals surface area contributed by atoms with Crippen LogP contribution in [-0.2, 0) is 9.53 Å². The molecule has 4 aromatic rings. The van der Waals surface area contributed by atoms with Crippen molar-refractivity contribution in [3.63, 3.8) is 0 Å². The summed E-state index contributed by atoms with van der Waals surface area (Å²) in [5, 5.41) is 1.22. The first-order valence-electron chi connectivity index (χ1n) is 11.2. The summed E-state index contributed by atoms with van der Waals surface area (Å²) in [4.78, 5) is 31.3. The average Bonchev–Trinajstić information content (AvgIpc) is 3.44. The largest absolute Gasteiger partial charge is 0.496 e. The molecule has 38 heavy (non-hydrogen) atoms. The second-order valence-electron chi connectivity index (χ2n) is 8.11. The number of benzene rings is 2. The molecule has 0 saturated carbocycles. The number of nitrogens with zero attached hydrogens (tertiary/aromatic N) is 2. The van der Waals surface area contributed by atoms with E-state index in [4.69, 9.17) is 9.47 Å². The number of esters is 1. The molecule has 0 N–H and O–H groups in total. The van der Waals surface area contributed by atoms with Crippen molar-refractivity contribution in [2.75, 3.05) is 13.7 Å². The summed E-state index contributed by atoms with van der Waals surface area (Å²) < 4.78 is 56.1. The van der Waals surface area contributed by atoms with Crippen LogP contribution in [0.2, 0.25) is 0 Å². The number of carbonyl (C=O) groups excluding carboxylic acids is 1. The fourth-order valence-corrected chi connectivity index (χ4v) is 6.82. The van der Waals surface area contributed by atoms with Gasteiger partial charge in [-0.05, 0) is 57.9 Å². The quantitative estimate of drug-likeness (QED) is 0.282. The summed E-state index contributed by atoms with van der Waals surface area (Å²) in [6.45, 7) is 1.33. The number of rotatable bonds is 5. The molecule has 0 amide bonds. The normalized spacial score (nSPS) is 15.9. The number of alkyl halides is 3. The van der Waals surface area contributed by atoms with Gasteiger partial charge in [0.25, 0.3) is 5.56 Å². The lowest BCUT2D eigenvalue weighted by atomic mass is 9.90. The molecular weight excluding hydrogens is 605 g/mol. The highest BCUT2D eigenvalue weighted by molar-refractivity contribution is 9.11. The highest BCUT2D eigenvalue weighted by Gasteiger charge is 2.46. The van der Waals surface area contributed by atoms with Crippen molar-refractivity contribution in [1.29, 1.82) is 0 Å². The van der Waals surface area contributed by atoms with E-state index >= 15 is 0 Å². The van der Waals surface area contributed by atoms with E-state index in [1.807, 2.05) is 0 Å². The predicted molar refractivity (Wildman–Crippen MR) is 143 cm³/mol. The van der Waals surface area contributed by atoms with Crippen LogP contribution in [0.25, 0.3) is 16.8 Å². The molecule has 2 aromatic carbocycles. The lowest BCUT2D eigenvalue weighted by Gasteiger charge is -2.28. The first kappa shape index (κ1) is 26.4. The number of carbonyl (C=O) groups is 1. The van der Waals surface area contributed by atoms with Crippen LogP contribution in [-0.4, -0.2) is 30.4 Å². The molecule has 0 aliphatic carbocycles. The second kappa shape index (κ2) is 10.2. The molecule has 0 spiro atoms. The molecule has 1 aliphatic rings. The molecule has 12 heteroatoms. The topological polar surface area (TPSA) is 69.9 Å². The fraction of sp³-hybridized carbons (Fsp3) is 0.192. The molecule has 3 heterocycles. The Morgan fingerprint density at radius 1 is 1.16 bits per heavy atom. The molecule has 0 fully saturated rings. The van der Waals surface area contributed by atoms with E-state index in [1.165, 1.54) is 25.4 Å². The maximum Gasteiger partial charge on any atom is 0.434 e. The molecule has 0 saturated heterocycles. The van der Waals surface area contributed by atoms with Gasteiger partial charge in [0.15, 0.2) is 10.5 Å². The fourth-order valence-electron chi connectivity index (χ4n) is 4.38. The van der Waals surface area contributed by atoms with Crippen molar-refractivity contribution < 1.29 is 27.4 Å². The van der Waals surface area contributed by atoms with Gasteiger partial charge in [0.05, 0.1) is 27.6 Å². The van der Waals surface area contributed by atoms with Gasteiger partial charge >= 0.3 is 12.1 Å². The van der Waals surface area contributed by atoms with Gasteiger partial charge in [0.1, 0.15) is 11.8 Å². The number of allylic oxidation sites excluding steroid dienone is 1. The first-order valence-corrected chi connectivity index (χ1v) is 13.7. The zero-order chi connectivity index (χ0) is 27.2. The van der Waals surface area contributed by atoms with Gasteiger partial charge in [0.2, 0.25) is 0 Å². The summed E-state index contributed by atoms with van der Waals surface area (Å²) in [6, 6.07) is 12.5. The summed E-state index contributed by atoms with van der Waals surface area (Å²) >= 11 is 5.56. The highest BCUT2D eigenvalue weighted by atomic mass is 79.9. The Kier molecular flexibility index (Phi) is 7.05. The van der Waals surface area contributed by atoms with E-state index in [1.54, 1.807) is 54.6 Å². The number of hydrogen-bond donors (Lipinski definition) is 0. The Morgan fingerprint density at radius 3 is 2.58 bits per heavy atom. The van der Waals surface area contributed by atoms with Crippen LogP contribution < -0.4 is 19.6 Å². The van der Waals surface area contributed by atoms with Gasteiger partial charge in [-0.3, -0.25) is 9.36 Å². The van der Waals surface area contributed by atoms with Gasteiger partial charge in [-0.25, -0.2) is 9.79 Å². The van der Waals surface area contributed by atoms with Crippen molar-refractivity contribution in [1.82, 2.24) is 4.57 Å². The van der Waals surface area contributed by atoms with Crippen molar-refractivity contribution in [2.45, 2.75) is 19.1 Å². The number of halogens is 4. The Hall–Kier alpha value is -3.22. The number of thiazole rings is 1. The second-order valence-corrected chi connectivity index (χ2v) is 11.6. The minimum absolute atomic E-state index is 0.162. The van der Waals surface area contributed by atoms with Gasteiger partial charge in [-0.1, -0.05) is 41.7 Å². The zero-order valence-electron chi connectivity index (χ0n) is 19.8. The summed E-state index contributed by atoms with van der Waals surface area (Å²) in [6.07, 6.45) is -3.40. The molecule has 0 radical (unpaired) electrons. The van der Waals surface area contributed by atoms with Crippen molar-refractivity contribution in [2.24, 2.45) is 4.99 Å². The Bertz CT molecular complexity index is 1790. The SMILES string of the molecule is CCOC(=O)C1=C(C(F)(F)F)N=c2s/c(=C/c3ccc(Br)s3)c(=O)n2[C@H]1c1c(OC)ccc2ccccc12. The van der Waals surface area contributed by atoms with Crippen LogP contribution in [0.15, 0.2) is 73.4 Å². The summed E-state index contributed by atoms with van der Waals surface area (Å²) in [5.74, 6) is -0.990. The third kappa shape index (κ3) is 4.61. The smallest absolute Gasteiger partial charge is 0.434 e. The summed E-state index contributed by atoms with van der Waals surface area (Å²) in [5.41, 5.74) is -2.52. The lowest BCUT2D eigenvalue weighted by molar-refractivity contribution is -0.140. The van der Waals surface area contributed by atoms with Crippen molar-refractivity contribution in [3.05, 3.63) is 93.7 Å². The van der Waals surface area contributed by atoms with E-state index in [9.17, 15) is 22.8 Å². The lowest BCUT2D eigenvalue weighted by Crippen LogP contribution is -2.41. The number of aromatic nitrogens is 1. The Morgan fingerprint density at radius 2 is 1.92 bits per heavy atom. The maximum atomic E-state index is 14.4. The number of thiophene rings is 1. The van der Waals surface area contributed by atoms with Crippen LogP contribution in [0.5, 0.6) is 5.75 Å². The monoisotopic (exact) mass is 622 g/mol. The standard InChI is InChI=1S/C26H18BrF3N2O4S2/c1-3-36-24(34)20-21(19-15-7-5-4-6-13(15)8-10-16(19)35-2)32-23(33)17(12-14-9-11-18(27)37-14)38-25(32)31-22(20)26(28,29)30/h4-12,21H,3H2,1-2H3/b17-12+/t21-/m0/s1. The minimum Gasteiger partial charge on any atom is -0.496 e. The first-order chi connectivity index (χ1) is 18.1. The molecular formula is C26H18BrF3N2O4S2. The predicted octanol–water partition coefficient (Wildman–Crippen LogP) is 5.33. The number of methoxy groups -OCH3 is 1. The summed E-state index contributed by atoms with van der Waals surface area (Å²) in [7, 11) is 1.38. The number of fused-ring (bicyclic) bond motifs is 2. The molecule has 1 atom stereocenters. The third-order valence-electron chi connectivity index (χ3n) is 5.89. The molecule has 0 unspecified atom stereocenters. The molecule has 1 aliphatic heterocycles.